The molecule has 0 amide bonds. The Morgan fingerprint density at radius 1 is 1.20 bits per heavy atom. The Labute approximate surface area is 150 Å². The molecule has 0 atom stereocenters. The van der Waals surface area contributed by atoms with Gasteiger partial charge >= 0.3 is 0 Å². The minimum atomic E-state index is -0.382. The normalized spacial score (nSPS) is 18.1. The van der Waals surface area contributed by atoms with Crippen molar-refractivity contribution >= 4 is 17.3 Å². The summed E-state index contributed by atoms with van der Waals surface area (Å²) in [6.07, 6.45) is 7.32. The SMILES string of the molecule is O=c1[nH]ncc(NCC2(c3ccc4c(c3)OCO4)CCCCC2)c1Cl. The number of hydrogen-bond acceptors (Lipinski definition) is 5. The molecular weight excluding hydrogens is 342 g/mol. The van der Waals surface area contributed by atoms with Crippen LogP contribution >= 0.6 is 11.6 Å². The van der Waals surface area contributed by atoms with Crippen LogP contribution < -0.4 is 20.3 Å². The van der Waals surface area contributed by atoms with E-state index in [4.69, 9.17) is 21.1 Å². The Kier molecular flexibility index (Phi) is 4.29. The van der Waals surface area contributed by atoms with Gasteiger partial charge < -0.3 is 14.8 Å². The molecule has 0 bridgehead atoms. The Hall–Kier alpha value is -2.21. The van der Waals surface area contributed by atoms with E-state index in [0.717, 1.165) is 24.3 Å². The smallest absolute Gasteiger partial charge is 0.285 e. The molecule has 0 saturated heterocycles. The molecule has 2 aromatic rings. The molecule has 1 fully saturated rings. The molecule has 2 N–H and O–H groups in total. The third kappa shape index (κ3) is 3.06. The second kappa shape index (κ2) is 6.59. The summed E-state index contributed by atoms with van der Waals surface area (Å²) in [6, 6.07) is 6.20. The fourth-order valence-corrected chi connectivity index (χ4v) is 3.95. The summed E-state index contributed by atoms with van der Waals surface area (Å²) in [4.78, 5) is 11.6. The van der Waals surface area contributed by atoms with E-state index >= 15 is 0 Å². The maximum Gasteiger partial charge on any atom is 0.285 e. The van der Waals surface area contributed by atoms with Crippen molar-refractivity contribution in [1.82, 2.24) is 10.2 Å². The van der Waals surface area contributed by atoms with Crippen LogP contribution in [0.15, 0.2) is 29.2 Å². The van der Waals surface area contributed by atoms with Crippen molar-refractivity contribution in [2.24, 2.45) is 0 Å². The average Bonchev–Trinajstić information content (AvgIpc) is 3.11. The fraction of sp³-hybridized carbons (Fsp3) is 0.444. The lowest BCUT2D eigenvalue weighted by molar-refractivity contribution is 0.174. The number of fused-ring (bicyclic) bond motifs is 1. The molecule has 1 aromatic heterocycles. The third-order valence-corrected chi connectivity index (χ3v) is 5.58. The van der Waals surface area contributed by atoms with Gasteiger partial charge in [0.2, 0.25) is 6.79 Å². The highest BCUT2D eigenvalue weighted by Gasteiger charge is 2.35. The summed E-state index contributed by atoms with van der Waals surface area (Å²) in [6.45, 7) is 0.968. The molecule has 0 unspecified atom stereocenters. The van der Waals surface area contributed by atoms with Gasteiger partial charge in [-0.15, -0.1) is 0 Å². The lowest BCUT2D eigenvalue weighted by Crippen LogP contribution is -2.36. The van der Waals surface area contributed by atoms with Crippen LogP contribution in [0.5, 0.6) is 11.5 Å². The number of nitrogens with zero attached hydrogens (tertiary/aromatic N) is 1. The molecule has 25 heavy (non-hydrogen) atoms. The zero-order valence-corrected chi connectivity index (χ0v) is 14.6. The summed E-state index contributed by atoms with van der Waals surface area (Å²) in [5.74, 6) is 1.60. The van der Waals surface area contributed by atoms with Crippen LogP contribution in [-0.2, 0) is 5.41 Å². The van der Waals surface area contributed by atoms with Gasteiger partial charge in [-0.1, -0.05) is 36.9 Å². The molecule has 1 aliphatic heterocycles. The van der Waals surface area contributed by atoms with Gasteiger partial charge in [0, 0.05) is 12.0 Å². The van der Waals surface area contributed by atoms with Gasteiger partial charge in [0.05, 0.1) is 11.9 Å². The van der Waals surface area contributed by atoms with Gasteiger partial charge in [-0.25, -0.2) is 5.10 Å². The van der Waals surface area contributed by atoms with Crippen LogP contribution in [0, 0.1) is 0 Å². The Morgan fingerprint density at radius 2 is 2.00 bits per heavy atom. The highest BCUT2D eigenvalue weighted by atomic mass is 35.5. The van der Waals surface area contributed by atoms with Crippen molar-refractivity contribution in [3.63, 3.8) is 0 Å². The van der Waals surface area contributed by atoms with Crippen LogP contribution in [0.2, 0.25) is 5.02 Å². The molecule has 1 saturated carbocycles. The van der Waals surface area contributed by atoms with E-state index < -0.39 is 0 Å². The third-order valence-electron chi connectivity index (χ3n) is 5.21. The molecule has 132 valence electrons. The molecule has 6 nitrogen and oxygen atoms in total. The standard InChI is InChI=1S/C18H20ClN3O3/c19-16-13(9-21-22-17(16)23)20-10-18(6-2-1-3-7-18)12-4-5-14-15(8-12)25-11-24-14/h4-5,8-9H,1-3,6-7,10-11H2,(H2,20,22,23). The van der Waals surface area contributed by atoms with Crippen LogP contribution in [-0.4, -0.2) is 23.5 Å². The van der Waals surface area contributed by atoms with Crippen molar-refractivity contribution in [2.75, 3.05) is 18.7 Å². The first-order chi connectivity index (χ1) is 12.2. The monoisotopic (exact) mass is 361 g/mol. The van der Waals surface area contributed by atoms with E-state index in [0.29, 0.717) is 12.2 Å². The quantitative estimate of drug-likeness (QED) is 0.872. The van der Waals surface area contributed by atoms with Gasteiger partial charge in [0.25, 0.3) is 5.56 Å². The zero-order chi connectivity index (χ0) is 17.3. The van der Waals surface area contributed by atoms with Gasteiger partial charge in [0.1, 0.15) is 5.02 Å². The van der Waals surface area contributed by atoms with Gasteiger partial charge in [-0.05, 0) is 30.5 Å². The number of halogens is 1. The molecule has 0 radical (unpaired) electrons. The first kappa shape index (κ1) is 16.3. The largest absolute Gasteiger partial charge is 0.454 e. The van der Waals surface area contributed by atoms with E-state index in [1.54, 1.807) is 6.20 Å². The van der Waals surface area contributed by atoms with E-state index in [2.05, 4.69) is 27.6 Å². The molecule has 0 spiro atoms. The summed E-state index contributed by atoms with van der Waals surface area (Å²) in [7, 11) is 0. The van der Waals surface area contributed by atoms with E-state index in [1.807, 2.05) is 6.07 Å². The number of aromatic nitrogens is 2. The minimum absolute atomic E-state index is 0.0227. The topological polar surface area (TPSA) is 76.2 Å². The molecule has 7 heteroatoms. The highest BCUT2D eigenvalue weighted by molar-refractivity contribution is 6.32. The van der Waals surface area contributed by atoms with Crippen LogP contribution in [0.1, 0.15) is 37.7 Å². The summed E-state index contributed by atoms with van der Waals surface area (Å²) < 4.78 is 11.0. The molecule has 4 rings (SSSR count). The molecule has 2 aliphatic rings. The lowest BCUT2D eigenvalue weighted by Gasteiger charge is -2.38. The Balaban J connectivity index is 1.63. The molecule has 2 heterocycles. The molecule has 1 aliphatic carbocycles. The van der Waals surface area contributed by atoms with Crippen LogP contribution in [0.25, 0.3) is 0 Å². The highest BCUT2D eigenvalue weighted by Crippen LogP contribution is 2.43. The average molecular weight is 362 g/mol. The summed E-state index contributed by atoms with van der Waals surface area (Å²) in [5, 5.41) is 9.66. The van der Waals surface area contributed by atoms with Crippen molar-refractivity contribution in [2.45, 2.75) is 37.5 Å². The zero-order valence-electron chi connectivity index (χ0n) is 13.8. The lowest BCUT2D eigenvalue weighted by atomic mass is 9.69. The fourth-order valence-electron chi connectivity index (χ4n) is 3.79. The number of H-pyrrole nitrogens is 1. The maximum absolute atomic E-state index is 11.6. The number of rotatable bonds is 4. The number of aromatic amines is 1. The maximum atomic E-state index is 11.6. The summed E-state index contributed by atoms with van der Waals surface area (Å²) in [5.41, 5.74) is 1.40. The van der Waals surface area contributed by atoms with E-state index in [9.17, 15) is 4.79 Å². The van der Waals surface area contributed by atoms with Crippen molar-refractivity contribution in [1.29, 1.82) is 0 Å². The van der Waals surface area contributed by atoms with Gasteiger partial charge in [-0.3, -0.25) is 4.79 Å². The molecular formula is C18H20ClN3O3. The Morgan fingerprint density at radius 3 is 2.84 bits per heavy atom. The minimum Gasteiger partial charge on any atom is -0.454 e. The number of hydrogen-bond donors (Lipinski definition) is 2. The summed E-state index contributed by atoms with van der Waals surface area (Å²) >= 11 is 6.10. The Bertz CT molecular complexity index is 831. The molecule has 1 aromatic carbocycles. The number of nitrogens with one attached hydrogen (secondary N) is 2. The first-order valence-corrected chi connectivity index (χ1v) is 8.93. The van der Waals surface area contributed by atoms with Crippen LogP contribution in [0.4, 0.5) is 5.69 Å². The van der Waals surface area contributed by atoms with Crippen LogP contribution in [0.3, 0.4) is 0 Å². The van der Waals surface area contributed by atoms with Gasteiger partial charge in [-0.2, -0.15) is 5.10 Å². The van der Waals surface area contributed by atoms with E-state index in [1.165, 1.54) is 24.8 Å². The first-order valence-electron chi connectivity index (χ1n) is 8.55. The van der Waals surface area contributed by atoms with Crippen molar-refractivity contribution in [3.05, 3.63) is 45.3 Å². The van der Waals surface area contributed by atoms with Crippen molar-refractivity contribution < 1.29 is 9.47 Å². The second-order valence-corrected chi connectivity index (χ2v) is 7.07. The second-order valence-electron chi connectivity index (χ2n) is 6.69. The predicted octanol–water partition coefficient (Wildman–Crippen LogP) is 3.47. The van der Waals surface area contributed by atoms with E-state index in [-0.39, 0.29) is 22.8 Å². The number of benzene rings is 1. The number of ether oxygens (including phenoxy) is 2. The number of anilines is 1. The van der Waals surface area contributed by atoms with Crippen molar-refractivity contribution in [3.8, 4) is 11.5 Å². The predicted molar refractivity (Wildman–Crippen MR) is 95.7 cm³/mol. The van der Waals surface area contributed by atoms with Gasteiger partial charge in [0.15, 0.2) is 11.5 Å².